The first kappa shape index (κ1) is 14.3. The van der Waals surface area contributed by atoms with Gasteiger partial charge in [0.25, 0.3) is 10.0 Å². The molecule has 0 unspecified atom stereocenters. The number of thiophene rings is 1. The molecule has 0 bridgehead atoms. The molecule has 1 heterocycles. The second-order valence-electron chi connectivity index (χ2n) is 3.60. The quantitative estimate of drug-likeness (QED) is 0.844. The van der Waals surface area contributed by atoms with Gasteiger partial charge in [-0.15, -0.1) is 11.3 Å². The number of sulfonamides is 1. The monoisotopic (exact) mass is 332 g/mol. The van der Waals surface area contributed by atoms with E-state index in [9.17, 15) is 8.42 Å². The normalized spacial score (nSPS) is 11.2. The van der Waals surface area contributed by atoms with Crippen molar-refractivity contribution in [2.45, 2.75) is 4.21 Å². The minimum atomic E-state index is -3.63. The molecule has 0 aliphatic rings. The highest BCUT2D eigenvalue weighted by atomic mass is 35.5. The summed E-state index contributed by atoms with van der Waals surface area (Å²) in [6.45, 7) is 0. The SMILES string of the molecule is NC(=S)c1ccc(S(=O)(=O)Nc2ccc(Cl)cc2)s1. The lowest BCUT2D eigenvalue weighted by Crippen LogP contribution is -2.11. The van der Waals surface area contributed by atoms with E-state index in [0.717, 1.165) is 11.3 Å². The van der Waals surface area contributed by atoms with Crippen molar-refractivity contribution in [2.75, 3.05) is 4.72 Å². The lowest BCUT2D eigenvalue weighted by atomic mass is 10.3. The molecule has 2 aromatic rings. The van der Waals surface area contributed by atoms with Gasteiger partial charge >= 0.3 is 0 Å². The lowest BCUT2D eigenvalue weighted by molar-refractivity contribution is 0.603. The molecule has 0 fully saturated rings. The van der Waals surface area contributed by atoms with Crippen molar-refractivity contribution in [2.24, 2.45) is 5.73 Å². The fourth-order valence-corrected chi connectivity index (χ4v) is 3.86. The van der Waals surface area contributed by atoms with Crippen molar-refractivity contribution < 1.29 is 8.42 Å². The molecule has 0 spiro atoms. The molecule has 19 heavy (non-hydrogen) atoms. The summed E-state index contributed by atoms with van der Waals surface area (Å²) in [5.74, 6) is 0. The third-order valence-electron chi connectivity index (χ3n) is 2.19. The Morgan fingerprint density at radius 3 is 2.37 bits per heavy atom. The molecule has 3 N–H and O–H groups in total. The summed E-state index contributed by atoms with van der Waals surface area (Å²) >= 11 is 11.6. The van der Waals surface area contributed by atoms with Crippen molar-refractivity contribution in [3.8, 4) is 0 Å². The number of rotatable bonds is 4. The molecule has 0 atom stereocenters. The van der Waals surface area contributed by atoms with Crippen LogP contribution in [0.15, 0.2) is 40.6 Å². The maximum atomic E-state index is 12.1. The summed E-state index contributed by atoms with van der Waals surface area (Å²) in [6.07, 6.45) is 0. The van der Waals surface area contributed by atoms with Crippen molar-refractivity contribution in [1.29, 1.82) is 0 Å². The standard InChI is InChI=1S/C11H9ClN2O2S3/c12-7-1-3-8(4-2-7)14-19(15,16)10-6-5-9(18-10)11(13)17/h1-6,14H,(H2,13,17). The molecule has 4 nitrogen and oxygen atoms in total. The minimum absolute atomic E-state index is 0.158. The van der Waals surface area contributed by atoms with Crippen LogP contribution in [0.5, 0.6) is 0 Å². The zero-order valence-corrected chi connectivity index (χ0v) is 12.7. The first-order valence-corrected chi connectivity index (χ1v) is 8.15. The Kier molecular flexibility index (Phi) is 4.10. The van der Waals surface area contributed by atoms with Gasteiger partial charge in [0, 0.05) is 10.7 Å². The van der Waals surface area contributed by atoms with Gasteiger partial charge in [-0.1, -0.05) is 23.8 Å². The van der Waals surface area contributed by atoms with Crippen LogP contribution >= 0.6 is 35.2 Å². The van der Waals surface area contributed by atoms with Crippen molar-refractivity contribution in [3.05, 3.63) is 46.3 Å². The summed E-state index contributed by atoms with van der Waals surface area (Å²) in [6, 6.07) is 9.44. The molecular formula is C11H9ClN2O2S3. The van der Waals surface area contributed by atoms with E-state index >= 15 is 0 Å². The number of nitrogens with one attached hydrogen (secondary N) is 1. The highest BCUT2D eigenvalue weighted by Crippen LogP contribution is 2.24. The zero-order valence-electron chi connectivity index (χ0n) is 9.46. The summed E-state index contributed by atoms with van der Waals surface area (Å²) in [5, 5.41) is 0.537. The Bertz CT molecular complexity index is 708. The summed E-state index contributed by atoms with van der Waals surface area (Å²) < 4.78 is 26.8. The van der Waals surface area contributed by atoms with Gasteiger partial charge in [-0.3, -0.25) is 4.72 Å². The largest absolute Gasteiger partial charge is 0.389 e. The van der Waals surface area contributed by atoms with Gasteiger partial charge in [0.2, 0.25) is 0 Å². The van der Waals surface area contributed by atoms with Gasteiger partial charge in [0.05, 0.1) is 4.88 Å². The van der Waals surface area contributed by atoms with Crippen LogP contribution in [0, 0.1) is 0 Å². The molecule has 100 valence electrons. The number of benzene rings is 1. The highest BCUT2D eigenvalue weighted by Gasteiger charge is 2.17. The number of hydrogen-bond donors (Lipinski definition) is 2. The topological polar surface area (TPSA) is 72.2 Å². The van der Waals surface area contributed by atoms with E-state index in [0.29, 0.717) is 15.6 Å². The van der Waals surface area contributed by atoms with Gasteiger partial charge in [0.1, 0.15) is 9.20 Å². The van der Waals surface area contributed by atoms with Gasteiger partial charge in [-0.2, -0.15) is 0 Å². The molecular weight excluding hydrogens is 324 g/mol. The third kappa shape index (κ3) is 3.44. The minimum Gasteiger partial charge on any atom is -0.389 e. The maximum Gasteiger partial charge on any atom is 0.271 e. The fraction of sp³-hybridized carbons (Fsp3) is 0. The van der Waals surface area contributed by atoms with E-state index in [2.05, 4.69) is 4.72 Å². The van der Waals surface area contributed by atoms with Crippen molar-refractivity contribution in [3.63, 3.8) is 0 Å². The van der Waals surface area contributed by atoms with Crippen LogP contribution in [0.2, 0.25) is 5.02 Å². The fourth-order valence-electron chi connectivity index (χ4n) is 1.32. The van der Waals surface area contributed by atoms with Crippen LogP contribution in [-0.2, 0) is 10.0 Å². The predicted octanol–water partition coefficient (Wildman–Crippen LogP) is 2.84. The van der Waals surface area contributed by atoms with Crippen LogP contribution in [0.25, 0.3) is 0 Å². The zero-order chi connectivity index (χ0) is 14.0. The maximum absolute atomic E-state index is 12.1. The molecule has 1 aromatic heterocycles. The van der Waals surface area contributed by atoms with E-state index in [1.807, 2.05) is 0 Å². The molecule has 0 radical (unpaired) electrons. The summed E-state index contributed by atoms with van der Waals surface area (Å²) in [4.78, 5) is 0.740. The molecule has 0 saturated carbocycles. The summed E-state index contributed by atoms with van der Waals surface area (Å²) in [7, 11) is -3.63. The van der Waals surface area contributed by atoms with E-state index in [-0.39, 0.29) is 9.20 Å². The smallest absolute Gasteiger partial charge is 0.271 e. The molecule has 0 aliphatic heterocycles. The van der Waals surface area contributed by atoms with Gasteiger partial charge in [-0.25, -0.2) is 8.42 Å². The van der Waals surface area contributed by atoms with E-state index in [1.165, 1.54) is 6.07 Å². The van der Waals surface area contributed by atoms with Crippen molar-refractivity contribution >= 4 is 55.9 Å². The van der Waals surface area contributed by atoms with Crippen LogP contribution in [0.4, 0.5) is 5.69 Å². The molecule has 0 amide bonds. The Balaban J connectivity index is 2.26. The van der Waals surface area contributed by atoms with E-state index in [4.69, 9.17) is 29.6 Å². The Morgan fingerprint density at radius 1 is 1.21 bits per heavy atom. The number of hydrogen-bond acceptors (Lipinski definition) is 4. The molecule has 2 rings (SSSR count). The molecule has 8 heteroatoms. The van der Waals surface area contributed by atoms with Gasteiger partial charge in [-0.05, 0) is 36.4 Å². The van der Waals surface area contributed by atoms with Crippen LogP contribution in [0.3, 0.4) is 0 Å². The third-order valence-corrected chi connectivity index (χ3v) is 5.78. The lowest BCUT2D eigenvalue weighted by Gasteiger charge is -2.05. The average Bonchev–Trinajstić information content (AvgIpc) is 2.82. The first-order chi connectivity index (χ1) is 8.88. The molecule has 0 saturated heterocycles. The van der Waals surface area contributed by atoms with E-state index in [1.54, 1.807) is 30.3 Å². The Morgan fingerprint density at radius 2 is 1.84 bits per heavy atom. The number of anilines is 1. The number of nitrogens with two attached hydrogens (primary N) is 1. The Labute approximate surface area is 125 Å². The number of halogens is 1. The second-order valence-corrected chi connectivity index (χ2v) is 7.46. The van der Waals surface area contributed by atoms with Crippen LogP contribution in [0.1, 0.15) is 4.88 Å². The highest BCUT2D eigenvalue weighted by molar-refractivity contribution is 7.94. The second kappa shape index (κ2) is 5.46. The summed E-state index contributed by atoms with van der Waals surface area (Å²) in [5.41, 5.74) is 5.89. The van der Waals surface area contributed by atoms with Gasteiger partial charge < -0.3 is 5.73 Å². The molecule has 1 aromatic carbocycles. The predicted molar refractivity (Wildman–Crippen MR) is 82.5 cm³/mol. The van der Waals surface area contributed by atoms with E-state index < -0.39 is 10.0 Å². The Hall–Kier alpha value is -1.15. The number of thiocarbonyl (C=S) groups is 1. The first-order valence-electron chi connectivity index (χ1n) is 5.06. The van der Waals surface area contributed by atoms with Crippen molar-refractivity contribution in [1.82, 2.24) is 0 Å². The van der Waals surface area contributed by atoms with Crippen LogP contribution in [-0.4, -0.2) is 13.4 Å². The molecule has 0 aliphatic carbocycles. The van der Waals surface area contributed by atoms with Gasteiger partial charge in [0.15, 0.2) is 0 Å². The average molecular weight is 333 g/mol. The van der Waals surface area contributed by atoms with Crippen LogP contribution < -0.4 is 10.5 Å².